The number of hydrogen-bond donors (Lipinski definition) is 1. The molecule has 0 bridgehead atoms. The van der Waals surface area contributed by atoms with Crippen molar-refractivity contribution >= 4 is 44.8 Å². The van der Waals surface area contributed by atoms with Gasteiger partial charge in [0.05, 0.1) is 11.1 Å². The van der Waals surface area contributed by atoms with Crippen LogP contribution in [-0.4, -0.2) is 6.61 Å². The molecule has 0 aromatic heterocycles. The van der Waals surface area contributed by atoms with Crippen molar-refractivity contribution in [2.24, 2.45) is 0 Å². The molecule has 3 nitrogen and oxygen atoms in total. The lowest BCUT2D eigenvalue weighted by molar-refractivity contribution is 0.267. The Hall–Kier alpha value is -1.88. The van der Waals surface area contributed by atoms with E-state index < -0.39 is 0 Å². The van der Waals surface area contributed by atoms with Gasteiger partial charge in [0.25, 0.3) is 0 Å². The molecule has 0 saturated carbocycles. The van der Waals surface area contributed by atoms with Crippen LogP contribution in [0.15, 0.2) is 59.1 Å². The SMILES string of the molecule is CCOc1cc(CNc2cc(Cl)cc(Cl)c2)cc(Br)c1OCc1ccc(C)cc1. The van der Waals surface area contributed by atoms with Crippen LogP contribution < -0.4 is 14.8 Å². The van der Waals surface area contributed by atoms with Gasteiger partial charge in [-0.3, -0.25) is 0 Å². The second-order valence-corrected chi connectivity index (χ2v) is 8.35. The lowest BCUT2D eigenvalue weighted by atomic mass is 10.1. The molecular formula is C23H22BrCl2NO2. The Bertz CT molecular complexity index is 957. The van der Waals surface area contributed by atoms with Crippen molar-refractivity contribution in [3.05, 3.63) is 85.8 Å². The maximum atomic E-state index is 6.07. The summed E-state index contributed by atoms with van der Waals surface area (Å²) in [6.07, 6.45) is 0. The van der Waals surface area contributed by atoms with Gasteiger partial charge in [0.15, 0.2) is 11.5 Å². The summed E-state index contributed by atoms with van der Waals surface area (Å²) in [5, 5.41) is 4.52. The number of aryl methyl sites for hydroxylation is 1. The van der Waals surface area contributed by atoms with Crippen LogP contribution in [0.3, 0.4) is 0 Å². The Balaban J connectivity index is 1.75. The second-order valence-electron chi connectivity index (χ2n) is 6.62. The summed E-state index contributed by atoms with van der Waals surface area (Å²) in [7, 11) is 0. The van der Waals surface area contributed by atoms with E-state index in [0.29, 0.717) is 41.3 Å². The molecule has 0 amide bonds. The van der Waals surface area contributed by atoms with Crippen LogP contribution in [0, 0.1) is 6.92 Å². The van der Waals surface area contributed by atoms with Crippen molar-refractivity contribution in [3.63, 3.8) is 0 Å². The molecule has 0 aliphatic heterocycles. The zero-order valence-electron chi connectivity index (χ0n) is 16.3. The highest BCUT2D eigenvalue weighted by molar-refractivity contribution is 9.10. The number of anilines is 1. The minimum absolute atomic E-state index is 0.470. The minimum Gasteiger partial charge on any atom is -0.490 e. The second kappa shape index (κ2) is 10.2. The fourth-order valence-corrected chi connectivity index (χ4v) is 3.96. The van der Waals surface area contributed by atoms with Gasteiger partial charge in [-0.2, -0.15) is 0 Å². The van der Waals surface area contributed by atoms with Gasteiger partial charge in [0, 0.05) is 22.3 Å². The summed E-state index contributed by atoms with van der Waals surface area (Å²) in [5.41, 5.74) is 4.23. The third kappa shape index (κ3) is 6.30. The molecule has 3 aromatic carbocycles. The maximum Gasteiger partial charge on any atom is 0.175 e. The highest BCUT2D eigenvalue weighted by atomic mass is 79.9. The van der Waals surface area contributed by atoms with E-state index in [1.165, 1.54) is 5.56 Å². The molecule has 1 N–H and O–H groups in total. The fraction of sp³-hybridized carbons (Fsp3) is 0.217. The summed E-state index contributed by atoms with van der Waals surface area (Å²) in [6.45, 7) is 5.63. The molecule has 0 unspecified atom stereocenters. The van der Waals surface area contributed by atoms with Crippen LogP contribution >= 0.6 is 39.1 Å². The van der Waals surface area contributed by atoms with Gasteiger partial charge in [-0.1, -0.05) is 53.0 Å². The number of halogens is 3. The van der Waals surface area contributed by atoms with Crippen LogP contribution in [0.5, 0.6) is 11.5 Å². The maximum absolute atomic E-state index is 6.07. The summed E-state index contributed by atoms with van der Waals surface area (Å²) in [6, 6.07) is 17.7. The van der Waals surface area contributed by atoms with Crippen molar-refractivity contribution in [3.8, 4) is 11.5 Å². The Morgan fingerprint density at radius 1 is 0.897 bits per heavy atom. The smallest absolute Gasteiger partial charge is 0.175 e. The Labute approximate surface area is 190 Å². The van der Waals surface area contributed by atoms with Gasteiger partial charge in [-0.05, 0) is 71.2 Å². The Morgan fingerprint density at radius 3 is 2.24 bits per heavy atom. The molecule has 0 saturated heterocycles. The molecule has 0 radical (unpaired) electrons. The first-order chi connectivity index (χ1) is 13.9. The standard InChI is InChI=1S/C23H22BrCl2NO2/c1-3-28-22-9-17(13-27-20-11-18(25)10-19(26)12-20)8-21(24)23(22)29-14-16-6-4-15(2)5-7-16/h4-12,27H,3,13-14H2,1-2H3. The number of ether oxygens (including phenoxy) is 2. The van der Waals surface area contributed by atoms with Gasteiger partial charge in [-0.15, -0.1) is 0 Å². The largest absolute Gasteiger partial charge is 0.490 e. The highest BCUT2D eigenvalue weighted by Gasteiger charge is 2.13. The van der Waals surface area contributed by atoms with Gasteiger partial charge in [0.2, 0.25) is 0 Å². The van der Waals surface area contributed by atoms with Gasteiger partial charge in [-0.25, -0.2) is 0 Å². The molecule has 152 valence electrons. The molecule has 0 aliphatic carbocycles. The van der Waals surface area contributed by atoms with Crippen LogP contribution in [0.25, 0.3) is 0 Å². The molecule has 0 fully saturated rings. The van der Waals surface area contributed by atoms with E-state index in [4.69, 9.17) is 32.7 Å². The lowest BCUT2D eigenvalue weighted by Crippen LogP contribution is -2.04. The van der Waals surface area contributed by atoms with E-state index in [1.54, 1.807) is 6.07 Å². The first-order valence-electron chi connectivity index (χ1n) is 9.28. The van der Waals surface area contributed by atoms with Crippen LogP contribution in [0.4, 0.5) is 5.69 Å². The lowest BCUT2D eigenvalue weighted by Gasteiger charge is -2.16. The molecule has 0 spiro atoms. The molecule has 0 aliphatic rings. The van der Waals surface area contributed by atoms with Gasteiger partial charge < -0.3 is 14.8 Å². The number of nitrogens with one attached hydrogen (secondary N) is 1. The van der Waals surface area contributed by atoms with E-state index >= 15 is 0 Å². The van der Waals surface area contributed by atoms with Crippen LogP contribution in [-0.2, 0) is 13.2 Å². The van der Waals surface area contributed by atoms with Gasteiger partial charge in [0.1, 0.15) is 6.61 Å². The summed E-state index contributed by atoms with van der Waals surface area (Å²) < 4.78 is 12.7. The van der Waals surface area contributed by atoms with Gasteiger partial charge >= 0.3 is 0 Å². The van der Waals surface area contributed by atoms with Crippen LogP contribution in [0.1, 0.15) is 23.6 Å². The number of hydrogen-bond acceptors (Lipinski definition) is 3. The summed E-state index contributed by atoms with van der Waals surface area (Å²) >= 11 is 15.8. The molecule has 29 heavy (non-hydrogen) atoms. The normalized spacial score (nSPS) is 10.7. The minimum atomic E-state index is 0.470. The van der Waals surface area contributed by atoms with Crippen molar-refractivity contribution in [1.82, 2.24) is 0 Å². The quantitative estimate of drug-likeness (QED) is 0.348. The molecule has 6 heteroatoms. The average molecular weight is 495 g/mol. The van der Waals surface area contributed by atoms with E-state index in [0.717, 1.165) is 21.3 Å². The topological polar surface area (TPSA) is 30.5 Å². The molecular weight excluding hydrogens is 473 g/mol. The van der Waals surface area contributed by atoms with Crippen LogP contribution in [0.2, 0.25) is 10.0 Å². The van der Waals surface area contributed by atoms with Crippen molar-refractivity contribution in [2.75, 3.05) is 11.9 Å². The van der Waals surface area contributed by atoms with E-state index in [2.05, 4.69) is 52.4 Å². The third-order valence-corrected chi connectivity index (χ3v) is 5.26. The molecule has 3 aromatic rings. The average Bonchev–Trinajstić information content (AvgIpc) is 2.66. The monoisotopic (exact) mass is 493 g/mol. The third-order valence-electron chi connectivity index (χ3n) is 4.23. The highest BCUT2D eigenvalue weighted by Crippen LogP contribution is 2.38. The molecule has 3 rings (SSSR count). The van der Waals surface area contributed by atoms with Crippen molar-refractivity contribution in [2.45, 2.75) is 27.0 Å². The Kier molecular flexibility index (Phi) is 7.70. The number of rotatable bonds is 8. The Morgan fingerprint density at radius 2 is 1.59 bits per heavy atom. The first kappa shape index (κ1) is 21.8. The zero-order chi connectivity index (χ0) is 20.8. The first-order valence-corrected chi connectivity index (χ1v) is 10.8. The predicted molar refractivity (Wildman–Crippen MR) is 125 cm³/mol. The summed E-state index contributed by atoms with van der Waals surface area (Å²) in [5.74, 6) is 1.40. The predicted octanol–water partition coefficient (Wildman–Crippen LogP) is 7.65. The fourth-order valence-electron chi connectivity index (χ4n) is 2.83. The van der Waals surface area contributed by atoms with Crippen molar-refractivity contribution in [1.29, 1.82) is 0 Å². The summed E-state index contributed by atoms with van der Waals surface area (Å²) in [4.78, 5) is 0. The molecule has 0 heterocycles. The van der Waals surface area contributed by atoms with E-state index in [1.807, 2.05) is 31.2 Å². The van der Waals surface area contributed by atoms with Crippen molar-refractivity contribution < 1.29 is 9.47 Å². The van der Waals surface area contributed by atoms with E-state index in [-0.39, 0.29) is 0 Å². The zero-order valence-corrected chi connectivity index (χ0v) is 19.4. The molecule has 0 atom stereocenters. The van der Waals surface area contributed by atoms with E-state index in [9.17, 15) is 0 Å². The number of benzene rings is 3.